The molecule has 0 aromatic carbocycles. The normalized spacial score (nSPS) is 16.6. The highest BCUT2D eigenvalue weighted by molar-refractivity contribution is 5.90. The van der Waals surface area contributed by atoms with E-state index in [1.165, 1.54) is 7.11 Å². The van der Waals surface area contributed by atoms with Crippen LogP contribution in [0.4, 0.5) is 0 Å². The molecular weight excluding hydrogens is 232 g/mol. The SMILES string of the molecule is COC(=O)c1ccn(C2CCNCC2)c(=O)c1C. The van der Waals surface area contributed by atoms with Gasteiger partial charge in [-0.2, -0.15) is 0 Å². The second kappa shape index (κ2) is 5.35. The summed E-state index contributed by atoms with van der Waals surface area (Å²) in [6.07, 6.45) is 3.59. The van der Waals surface area contributed by atoms with Crippen LogP contribution < -0.4 is 10.9 Å². The van der Waals surface area contributed by atoms with E-state index >= 15 is 0 Å². The number of ether oxygens (including phenoxy) is 1. The first-order chi connectivity index (χ1) is 8.65. The van der Waals surface area contributed by atoms with Crippen LogP contribution >= 0.6 is 0 Å². The van der Waals surface area contributed by atoms with Gasteiger partial charge in [-0.25, -0.2) is 4.79 Å². The summed E-state index contributed by atoms with van der Waals surface area (Å²) in [6, 6.07) is 1.90. The number of esters is 1. The lowest BCUT2D eigenvalue weighted by Gasteiger charge is -2.25. The number of carbonyl (C=O) groups excluding carboxylic acids is 1. The van der Waals surface area contributed by atoms with E-state index in [0.29, 0.717) is 11.1 Å². The van der Waals surface area contributed by atoms with Crippen molar-refractivity contribution in [2.75, 3.05) is 20.2 Å². The molecule has 0 spiro atoms. The fourth-order valence-corrected chi connectivity index (χ4v) is 2.36. The summed E-state index contributed by atoms with van der Waals surface area (Å²) in [5.41, 5.74) is 0.723. The Labute approximate surface area is 106 Å². The average Bonchev–Trinajstić information content (AvgIpc) is 2.42. The number of carbonyl (C=O) groups is 1. The fraction of sp³-hybridized carbons (Fsp3) is 0.538. The maximum atomic E-state index is 12.2. The first-order valence-corrected chi connectivity index (χ1v) is 6.16. The highest BCUT2D eigenvalue weighted by atomic mass is 16.5. The van der Waals surface area contributed by atoms with E-state index in [1.807, 2.05) is 0 Å². The van der Waals surface area contributed by atoms with Crippen molar-refractivity contribution in [2.24, 2.45) is 0 Å². The fourth-order valence-electron chi connectivity index (χ4n) is 2.36. The molecule has 1 aromatic heterocycles. The van der Waals surface area contributed by atoms with Gasteiger partial charge in [0, 0.05) is 17.8 Å². The van der Waals surface area contributed by atoms with Crippen LogP contribution in [0.5, 0.6) is 0 Å². The van der Waals surface area contributed by atoms with Crippen LogP contribution in [0, 0.1) is 6.92 Å². The third-order valence-corrected chi connectivity index (χ3v) is 3.47. The minimum atomic E-state index is -0.456. The summed E-state index contributed by atoms with van der Waals surface area (Å²) in [6.45, 7) is 3.52. The molecule has 5 nitrogen and oxygen atoms in total. The van der Waals surface area contributed by atoms with E-state index in [2.05, 4.69) is 10.1 Å². The topological polar surface area (TPSA) is 60.3 Å². The first-order valence-electron chi connectivity index (χ1n) is 6.16. The standard InChI is InChI=1S/C13H18N2O3/c1-9-11(13(17)18-2)5-8-15(12(9)16)10-3-6-14-7-4-10/h5,8,10,14H,3-4,6-7H2,1-2H3. The van der Waals surface area contributed by atoms with Gasteiger partial charge in [-0.3, -0.25) is 4.79 Å². The van der Waals surface area contributed by atoms with E-state index in [9.17, 15) is 9.59 Å². The van der Waals surface area contributed by atoms with Crippen molar-refractivity contribution in [3.05, 3.63) is 33.7 Å². The number of hydrogen-bond donors (Lipinski definition) is 1. The Morgan fingerprint density at radius 2 is 2.11 bits per heavy atom. The van der Waals surface area contributed by atoms with Gasteiger partial charge in [0.2, 0.25) is 0 Å². The number of rotatable bonds is 2. The molecule has 0 atom stereocenters. The minimum Gasteiger partial charge on any atom is -0.465 e. The summed E-state index contributed by atoms with van der Waals surface area (Å²) in [7, 11) is 1.32. The zero-order chi connectivity index (χ0) is 13.1. The van der Waals surface area contributed by atoms with Crippen molar-refractivity contribution in [1.82, 2.24) is 9.88 Å². The predicted molar refractivity (Wildman–Crippen MR) is 67.9 cm³/mol. The predicted octanol–water partition coefficient (Wildman–Crippen LogP) is 0.868. The Hall–Kier alpha value is -1.62. The Morgan fingerprint density at radius 1 is 1.44 bits per heavy atom. The molecule has 1 aromatic rings. The maximum absolute atomic E-state index is 12.2. The van der Waals surface area contributed by atoms with E-state index in [4.69, 9.17) is 0 Å². The van der Waals surface area contributed by atoms with Crippen molar-refractivity contribution in [1.29, 1.82) is 0 Å². The summed E-state index contributed by atoms with van der Waals surface area (Å²) < 4.78 is 6.40. The molecule has 1 aliphatic rings. The molecule has 1 N–H and O–H groups in total. The van der Waals surface area contributed by atoms with Gasteiger partial charge in [0.25, 0.3) is 5.56 Å². The summed E-state index contributed by atoms with van der Waals surface area (Å²) in [5, 5.41) is 3.27. The molecule has 2 rings (SSSR count). The Morgan fingerprint density at radius 3 is 2.72 bits per heavy atom. The lowest BCUT2D eigenvalue weighted by Crippen LogP contribution is -2.35. The highest BCUT2D eigenvalue weighted by Crippen LogP contribution is 2.17. The van der Waals surface area contributed by atoms with E-state index in [-0.39, 0.29) is 11.6 Å². The van der Waals surface area contributed by atoms with E-state index in [1.54, 1.807) is 23.8 Å². The van der Waals surface area contributed by atoms with Crippen LogP contribution in [0.3, 0.4) is 0 Å². The molecule has 1 saturated heterocycles. The van der Waals surface area contributed by atoms with Crippen molar-refractivity contribution in [2.45, 2.75) is 25.8 Å². The molecule has 0 bridgehead atoms. The van der Waals surface area contributed by atoms with Crippen molar-refractivity contribution in [3.8, 4) is 0 Å². The van der Waals surface area contributed by atoms with Crippen LogP contribution in [0.25, 0.3) is 0 Å². The Bertz CT molecular complexity index is 501. The number of pyridine rings is 1. The monoisotopic (exact) mass is 250 g/mol. The summed E-state index contributed by atoms with van der Waals surface area (Å²) >= 11 is 0. The maximum Gasteiger partial charge on any atom is 0.338 e. The number of aromatic nitrogens is 1. The van der Waals surface area contributed by atoms with Gasteiger partial charge in [0.15, 0.2) is 0 Å². The number of nitrogens with one attached hydrogen (secondary N) is 1. The van der Waals surface area contributed by atoms with Crippen molar-refractivity contribution < 1.29 is 9.53 Å². The smallest absolute Gasteiger partial charge is 0.338 e. The molecule has 0 saturated carbocycles. The van der Waals surface area contributed by atoms with Gasteiger partial charge in [-0.1, -0.05) is 0 Å². The van der Waals surface area contributed by atoms with Gasteiger partial charge in [0.05, 0.1) is 12.7 Å². The van der Waals surface area contributed by atoms with Gasteiger partial charge in [-0.05, 0) is 38.9 Å². The van der Waals surface area contributed by atoms with Gasteiger partial charge < -0.3 is 14.6 Å². The number of piperidine rings is 1. The number of hydrogen-bond acceptors (Lipinski definition) is 4. The summed E-state index contributed by atoms with van der Waals surface area (Å²) in [4.78, 5) is 23.7. The lowest BCUT2D eigenvalue weighted by atomic mass is 10.1. The van der Waals surface area contributed by atoms with Gasteiger partial charge >= 0.3 is 5.97 Å². The molecule has 0 aliphatic carbocycles. The zero-order valence-corrected chi connectivity index (χ0v) is 10.7. The largest absolute Gasteiger partial charge is 0.465 e. The van der Waals surface area contributed by atoms with Crippen molar-refractivity contribution in [3.63, 3.8) is 0 Å². The van der Waals surface area contributed by atoms with E-state index < -0.39 is 5.97 Å². The van der Waals surface area contributed by atoms with E-state index in [0.717, 1.165) is 25.9 Å². The summed E-state index contributed by atoms with van der Waals surface area (Å²) in [5.74, 6) is -0.456. The van der Waals surface area contributed by atoms with Crippen LogP contribution in [0.2, 0.25) is 0 Å². The molecule has 5 heteroatoms. The third-order valence-electron chi connectivity index (χ3n) is 3.47. The van der Waals surface area contributed by atoms with Gasteiger partial charge in [0.1, 0.15) is 0 Å². The minimum absolute atomic E-state index is 0.0928. The van der Waals surface area contributed by atoms with Crippen LogP contribution in [-0.4, -0.2) is 30.7 Å². The molecule has 2 heterocycles. The molecule has 98 valence electrons. The average molecular weight is 250 g/mol. The van der Waals surface area contributed by atoms with Crippen molar-refractivity contribution >= 4 is 5.97 Å². The molecule has 18 heavy (non-hydrogen) atoms. The molecule has 0 amide bonds. The lowest BCUT2D eigenvalue weighted by molar-refractivity contribution is 0.0599. The molecule has 0 radical (unpaired) electrons. The Balaban J connectivity index is 2.37. The van der Waals surface area contributed by atoms with Crippen LogP contribution in [0.1, 0.15) is 34.8 Å². The van der Waals surface area contributed by atoms with Gasteiger partial charge in [-0.15, -0.1) is 0 Å². The number of methoxy groups -OCH3 is 1. The Kier molecular flexibility index (Phi) is 3.81. The number of nitrogens with zero attached hydrogens (tertiary/aromatic N) is 1. The van der Waals surface area contributed by atoms with Crippen LogP contribution in [0.15, 0.2) is 17.1 Å². The molecule has 0 unspecified atom stereocenters. The quantitative estimate of drug-likeness (QED) is 0.791. The second-order valence-electron chi connectivity index (χ2n) is 4.54. The first kappa shape index (κ1) is 12.8. The molecule has 1 fully saturated rings. The molecular formula is C13H18N2O3. The second-order valence-corrected chi connectivity index (χ2v) is 4.54. The third kappa shape index (κ3) is 2.31. The zero-order valence-electron chi connectivity index (χ0n) is 10.7. The molecule has 1 aliphatic heterocycles. The highest BCUT2D eigenvalue weighted by Gasteiger charge is 2.19. The van der Waals surface area contributed by atoms with Crippen LogP contribution in [-0.2, 0) is 4.74 Å².